The molecule has 0 saturated carbocycles. The van der Waals surface area contributed by atoms with Crippen molar-refractivity contribution in [2.24, 2.45) is 10.9 Å². The van der Waals surface area contributed by atoms with Crippen molar-refractivity contribution in [3.05, 3.63) is 71.3 Å². The van der Waals surface area contributed by atoms with Gasteiger partial charge in [0.15, 0.2) is 5.96 Å². The van der Waals surface area contributed by atoms with Gasteiger partial charge >= 0.3 is 0 Å². The fraction of sp³-hybridized carbons (Fsp3) is 0.435. The molecule has 1 aliphatic heterocycles. The highest BCUT2D eigenvalue weighted by Crippen LogP contribution is 2.33. The summed E-state index contributed by atoms with van der Waals surface area (Å²) in [5.41, 5.74) is 3.81. The lowest BCUT2D eigenvalue weighted by molar-refractivity contribution is -0.0265. The third kappa shape index (κ3) is 5.57. The average Bonchev–Trinajstić information content (AvgIpc) is 2.72. The minimum Gasteiger partial charge on any atom is -0.373 e. The summed E-state index contributed by atoms with van der Waals surface area (Å²) < 4.78 is 6.11. The summed E-state index contributed by atoms with van der Waals surface area (Å²) in [6.07, 6.45) is 2.45. The first-order valence-electron chi connectivity index (χ1n) is 10.0. The second kappa shape index (κ2) is 10.1. The molecule has 0 aliphatic carbocycles. The Labute approximate surface area is 163 Å². The fourth-order valence-corrected chi connectivity index (χ4v) is 3.58. The summed E-state index contributed by atoms with van der Waals surface area (Å²) in [5.74, 6) is 1.32. The third-order valence-corrected chi connectivity index (χ3v) is 5.12. The first-order chi connectivity index (χ1) is 13.3. The molecule has 0 aromatic heterocycles. The van der Waals surface area contributed by atoms with Crippen molar-refractivity contribution in [3.8, 4) is 0 Å². The largest absolute Gasteiger partial charge is 0.373 e. The van der Waals surface area contributed by atoms with Gasteiger partial charge in [0.1, 0.15) is 0 Å². The van der Waals surface area contributed by atoms with Gasteiger partial charge in [-0.05, 0) is 43.4 Å². The van der Waals surface area contributed by atoms with E-state index >= 15 is 0 Å². The zero-order valence-electron chi connectivity index (χ0n) is 16.4. The van der Waals surface area contributed by atoms with Gasteiger partial charge < -0.3 is 15.4 Å². The van der Waals surface area contributed by atoms with Gasteiger partial charge in [-0.25, -0.2) is 4.99 Å². The molecule has 144 valence electrons. The van der Waals surface area contributed by atoms with Crippen LogP contribution in [0.5, 0.6) is 0 Å². The molecule has 2 N–H and O–H groups in total. The molecular weight excluding hydrogens is 334 g/mol. The van der Waals surface area contributed by atoms with Crippen molar-refractivity contribution >= 4 is 5.96 Å². The average molecular weight is 366 g/mol. The van der Waals surface area contributed by atoms with Crippen LogP contribution in [0.15, 0.2) is 59.6 Å². The van der Waals surface area contributed by atoms with Crippen LogP contribution in [0.2, 0.25) is 0 Å². The molecule has 2 unspecified atom stereocenters. The Morgan fingerprint density at radius 1 is 1.07 bits per heavy atom. The number of guanidine groups is 1. The molecule has 1 saturated heterocycles. The van der Waals surface area contributed by atoms with E-state index in [4.69, 9.17) is 9.73 Å². The highest BCUT2D eigenvalue weighted by molar-refractivity contribution is 5.79. The van der Waals surface area contributed by atoms with Crippen LogP contribution in [0, 0.1) is 12.8 Å². The Morgan fingerprint density at radius 3 is 2.63 bits per heavy atom. The van der Waals surface area contributed by atoms with Crippen LogP contribution in [0.25, 0.3) is 0 Å². The number of aliphatic imine (C=N–C) groups is 1. The molecule has 3 rings (SSSR count). The molecule has 2 atom stereocenters. The van der Waals surface area contributed by atoms with Crippen molar-refractivity contribution in [2.45, 2.75) is 39.3 Å². The molecule has 4 heteroatoms. The summed E-state index contributed by atoms with van der Waals surface area (Å²) >= 11 is 0. The Morgan fingerprint density at radius 2 is 1.85 bits per heavy atom. The first kappa shape index (κ1) is 19.4. The Kier molecular flexibility index (Phi) is 7.28. The second-order valence-electron chi connectivity index (χ2n) is 7.11. The van der Waals surface area contributed by atoms with Crippen LogP contribution in [-0.4, -0.2) is 25.7 Å². The van der Waals surface area contributed by atoms with Gasteiger partial charge in [0.2, 0.25) is 0 Å². The molecule has 0 radical (unpaired) electrons. The number of nitrogens with one attached hydrogen (secondary N) is 2. The van der Waals surface area contributed by atoms with E-state index in [-0.39, 0.29) is 6.10 Å². The second-order valence-corrected chi connectivity index (χ2v) is 7.11. The molecule has 0 bridgehead atoms. The molecule has 2 aromatic carbocycles. The van der Waals surface area contributed by atoms with E-state index in [0.717, 1.165) is 32.1 Å². The quantitative estimate of drug-likeness (QED) is 0.595. The lowest BCUT2D eigenvalue weighted by Gasteiger charge is -2.32. The number of benzene rings is 2. The zero-order valence-corrected chi connectivity index (χ0v) is 16.4. The topological polar surface area (TPSA) is 45.7 Å². The van der Waals surface area contributed by atoms with Gasteiger partial charge in [0, 0.05) is 25.6 Å². The normalized spacial score (nSPS) is 20.3. The van der Waals surface area contributed by atoms with E-state index in [9.17, 15) is 0 Å². The van der Waals surface area contributed by atoms with Crippen LogP contribution < -0.4 is 10.6 Å². The van der Waals surface area contributed by atoms with Crippen molar-refractivity contribution in [1.29, 1.82) is 0 Å². The summed E-state index contributed by atoms with van der Waals surface area (Å²) in [4.78, 5) is 4.78. The van der Waals surface area contributed by atoms with Crippen LogP contribution >= 0.6 is 0 Å². The minimum atomic E-state index is 0.159. The SMILES string of the molecule is CCNC(=NCc1ccccc1C)NCC1CCCOC1c1ccccc1. The van der Waals surface area contributed by atoms with Crippen LogP contribution in [0.1, 0.15) is 42.6 Å². The highest BCUT2D eigenvalue weighted by atomic mass is 16.5. The van der Waals surface area contributed by atoms with E-state index in [1.54, 1.807) is 0 Å². The predicted molar refractivity (Wildman–Crippen MR) is 112 cm³/mol. The monoisotopic (exact) mass is 365 g/mol. The van der Waals surface area contributed by atoms with E-state index in [1.807, 2.05) is 0 Å². The van der Waals surface area contributed by atoms with E-state index in [2.05, 4.69) is 79.1 Å². The Bertz CT molecular complexity index is 729. The maximum atomic E-state index is 6.11. The van der Waals surface area contributed by atoms with Crippen LogP contribution in [0.4, 0.5) is 0 Å². The number of aryl methyl sites for hydroxylation is 1. The maximum absolute atomic E-state index is 6.11. The summed E-state index contributed by atoms with van der Waals surface area (Å²) in [6.45, 7) is 7.47. The van der Waals surface area contributed by atoms with E-state index in [0.29, 0.717) is 12.5 Å². The molecule has 0 spiro atoms. The number of hydrogen-bond acceptors (Lipinski definition) is 2. The summed E-state index contributed by atoms with van der Waals surface area (Å²) in [6, 6.07) is 19.0. The number of ether oxygens (including phenoxy) is 1. The molecular formula is C23H31N3O. The van der Waals surface area contributed by atoms with Gasteiger partial charge in [0.25, 0.3) is 0 Å². The number of nitrogens with zero attached hydrogens (tertiary/aromatic N) is 1. The molecule has 27 heavy (non-hydrogen) atoms. The third-order valence-electron chi connectivity index (χ3n) is 5.12. The molecule has 1 aliphatic rings. The van der Waals surface area contributed by atoms with Gasteiger partial charge in [-0.3, -0.25) is 0 Å². The minimum absolute atomic E-state index is 0.159. The lowest BCUT2D eigenvalue weighted by Crippen LogP contribution is -2.42. The molecule has 1 heterocycles. The summed E-state index contributed by atoms with van der Waals surface area (Å²) in [5, 5.41) is 6.90. The fourth-order valence-electron chi connectivity index (χ4n) is 3.58. The molecule has 0 amide bonds. The van der Waals surface area contributed by atoms with Crippen LogP contribution in [-0.2, 0) is 11.3 Å². The first-order valence-corrected chi connectivity index (χ1v) is 10.0. The Hall–Kier alpha value is -2.33. The highest BCUT2D eigenvalue weighted by Gasteiger charge is 2.27. The standard InChI is InChI=1S/C23H31N3O/c1-3-24-23(25-16-20-13-8-7-10-18(20)2)26-17-21-14-9-15-27-22(21)19-11-5-4-6-12-19/h4-8,10-13,21-22H,3,9,14-17H2,1-2H3,(H2,24,25,26). The van der Waals surface area contributed by atoms with E-state index in [1.165, 1.54) is 23.1 Å². The van der Waals surface area contributed by atoms with E-state index < -0.39 is 0 Å². The zero-order chi connectivity index (χ0) is 18.9. The van der Waals surface area contributed by atoms with Crippen molar-refractivity contribution in [2.75, 3.05) is 19.7 Å². The molecule has 4 nitrogen and oxygen atoms in total. The number of rotatable bonds is 6. The smallest absolute Gasteiger partial charge is 0.191 e. The van der Waals surface area contributed by atoms with Gasteiger partial charge in [-0.1, -0.05) is 54.6 Å². The van der Waals surface area contributed by atoms with Gasteiger partial charge in [-0.15, -0.1) is 0 Å². The van der Waals surface area contributed by atoms with Gasteiger partial charge in [0.05, 0.1) is 12.6 Å². The predicted octanol–water partition coefficient (Wildman–Crippen LogP) is 4.22. The van der Waals surface area contributed by atoms with Gasteiger partial charge in [-0.2, -0.15) is 0 Å². The van der Waals surface area contributed by atoms with Crippen molar-refractivity contribution in [1.82, 2.24) is 10.6 Å². The number of hydrogen-bond donors (Lipinski definition) is 2. The Balaban J connectivity index is 1.63. The lowest BCUT2D eigenvalue weighted by atomic mass is 9.89. The van der Waals surface area contributed by atoms with Crippen molar-refractivity contribution < 1.29 is 4.74 Å². The molecule has 1 fully saturated rings. The maximum Gasteiger partial charge on any atom is 0.191 e. The summed E-state index contributed by atoms with van der Waals surface area (Å²) in [7, 11) is 0. The molecule has 2 aromatic rings. The van der Waals surface area contributed by atoms with Crippen LogP contribution in [0.3, 0.4) is 0 Å². The van der Waals surface area contributed by atoms with Crippen molar-refractivity contribution in [3.63, 3.8) is 0 Å².